The van der Waals surface area contributed by atoms with Crippen molar-refractivity contribution < 1.29 is 9.66 Å². The van der Waals surface area contributed by atoms with E-state index < -0.39 is 4.92 Å². The molecule has 2 aromatic carbocycles. The van der Waals surface area contributed by atoms with Crippen LogP contribution in [0.3, 0.4) is 0 Å². The van der Waals surface area contributed by atoms with Gasteiger partial charge in [0.15, 0.2) is 0 Å². The molecule has 0 bridgehead atoms. The lowest BCUT2D eigenvalue weighted by Gasteiger charge is -2.32. The highest BCUT2D eigenvalue weighted by atomic mass is 16.6. The average molecular weight is 406 g/mol. The predicted molar refractivity (Wildman–Crippen MR) is 115 cm³/mol. The SMILES string of the molecule is CN1CCN(c2ncnc(Nc3ccc(Oc4ccccc4)cc3)c2[N+](=O)[O-])CC1. The Morgan fingerprint density at radius 1 is 0.967 bits per heavy atom. The second-order valence-corrected chi connectivity index (χ2v) is 7.01. The first-order valence-corrected chi connectivity index (χ1v) is 9.63. The van der Waals surface area contributed by atoms with Gasteiger partial charge in [0.25, 0.3) is 0 Å². The minimum atomic E-state index is -0.428. The van der Waals surface area contributed by atoms with Crippen LogP contribution in [-0.4, -0.2) is 53.0 Å². The molecule has 0 saturated carbocycles. The van der Waals surface area contributed by atoms with Gasteiger partial charge in [0.05, 0.1) is 4.92 Å². The van der Waals surface area contributed by atoms with E-state index in [2.05, 4.69) is 20.2 Å². The maximum Gasteiger partial charge on any atom is 0.353 e. The van der Waals surface area contributed by atoms with Crippen LogP contribution in [0.1, 0.15) is 0 Å². The number of hydrogen-bond donors (Lipinski definition) is 1. The fourth-order valence-corrected chi connectivity index (χ4v) is 3.25. The predicted octanol–water partition coefficient (Wildman–Crippen LogP) is 3.67. The minimum Gasteiger partial charge on any atom is -0.457 e. The van der Waals surface area contributed by atoms with Gasteiger partial charge in [-0.15, -0.1) is 0 Å². The Balaban J connectivity index is 1.54. The summed E-state index contributed by atoms with van der Waals surface area (Å²) in [6.07, 6.45) is 1.36. The quantitative estimate of drug-likeness (QED) is 0.489. The molecule has 1 saturated heterocycles. The van der Waals surface area contributed by atoms with Crippen molar-refractivity contribution in [3.63, 3.8) is 0 Å². The van der Waals surface area contributed by atoms with Crippen LogP contribution in [0.4, 0.5) is 23.0 Å². The van der Waals surface area contributed by atoms with Gasteiger partial charge in [-0.25, -0.2) is 9.97 Å². The molecule has 0 amide bonds. The number of piperazine rings is 1. The van der Waals surface area contributed by atoms with Gasteiger partial charge in [-0.1, -0.05) is 18.2 Å². The Bertz CT molecular complexity index is 1010. The molecular weight excluding hydrogens is 384 g/mol. The first-order valence-electron chi connectivity index (χ1n) is 9.63. The van der Waals surface area contributed by atoms with Crippen molar-refractivity contribution in [1.82, 2.24) is 14.9 Å². The van der Waals surface area contributed by atoms with Crippen molar-refractivity contribution in [3.8, 4) is 11.5 Å². The second kappa shape index (κ2) is 8.75. The van der Waals surface area contributed by atoms with Crippen molar-refractivity contribution in [2.45, 2.75) is 0 Å². The van der Waals surface area contributed by atoms with E-state index in [9.17, 15) is 10.1 Å². The number of anilines is 3. The smallest absolute Gasteiger partial charge is 0.353 e. The number of likely N-dealkylation sites (N-methyl/N-ethyl adjacent to an activating group) is 1. The molecule has 154 valence electrons. The molecule has 1 N–H and O–H groups in total. The number of nitrogens with one attached hydrogen (secondary N) is 1. The van der Waals surface area contributed by atoms with Crippen molar-refractivity contribution in [1.29, 1.82) is 0 Å². The molecule has 3 aromatic rings. The molecule has 2 heterocycles. The zero-order valence-corrected chi connectivity index (χ0v) is 16.6. The summed E-state index contributed by atoms with van der Waals surface area (Å²) in [5, 5.41) is 14.9. The summed E-state index contributed by atoms with van der Waals surface area (Å²) in [4.78, 5) is 23.8. The number of nitro groups is 1. The van der Waals surface area contributed by atoms with Crippen molar-refractivity contribution in [2.24, 2.45) is 0 Å². The average Bonchev–Trinajstić information content (AvgIpc) is 2.76. The van der Waals surface area contributed by atoms with Crippen molar-refractivity contribution in [2.75, 3.05) is 43.4 Å². The molecule has 0 unspecified atom stereocenters. The molecule has 0 atom stereocenters. The topological polar surface area (TPSA) is 96.7 Å². The third-order valence-corrected chi connectivity index (χ3v) is 4.88. The van der Waals surface area contributed by atoms with Crippen LogP contribution < -0.4 is 15.0 Å². The number of ether oxygens (including phenoxy) is 1. The first kappa shape index (κ1) is 19.6. The summed E-state index contributed by atoms with van der Waals surface area (Å²) < 4.78 is 5.78. The van der Waals surface area contributed by atoms with Gasteiger partial charge in [0, 0.05) is 31.9 Å². The molecular formula is C21H22N6O3. The third kappa shape index (κ3) is 4.47. The molecule has 9 nitrogen and oxygen atoms in total. The molecule has 0 radical (unpaired) electrons. The molecule has 1 aliphatic rings. The van der Waals surface area contributed by atoms with Gasteiger partial charge in [0.2, 0.25) is 11.6 Å². The van der Waals surface area contributed by atoms with Gasteiger partial charge >= 0.3 is 5.69 Å². The largest absolute Gasteiger partial charge is 0.457 e. The summed E-state index contributed by atoms with van der Waals surface area (Å²) in [5.41, 5.74) is 0.549. The van der Waals surface area contributed by atoms with E-state index in [1.165, 1.54) is 6.33 Å². The first-order chi connectivity index (χ1) is 14.6. The van der Waals surface area contributed by atoms with E-state index in [0.717, 1.165) is 18.8 Å². The van der Waals surface area contributed by atoms with E-state index in [1.54, 1.807) is 24.3 Å². The fraction of sp³-hybridized carbons (Fsp3) is 0.238. The zero-order valence-electron chi connectivity index (χ0n) is 16.6. The number of aromatic nitrogens is 2. The molecule has 0 spiro atoms. The van der Waals surface area contributed by atoms with Crippen LogP contribution in [0, 0.1) is 10.1 Å². The minimum absolute atomic E-state index is 0.119. The number of rotatable bonds is 6. The number of nitrogens with zero attached hydrogens (tertiary/aromatic N) is 5. The Labute approximate surface area is 174 Å². The van der Waals surface area contributed by atoms with Crippen molar-refractivity contribution >= 4 is 23.0 Å². The number of hydrogen-bond acceptors (Lipinski definition) is 8. The number of benzene rings is 2. The molecule has 0 aliphatic carbocycles. The Kier molecular flexibility index (Phi) is 5.71. The highest BCUT2D eigenvalue weighted by Gasteiger charge is 2.28. The Morgan fingerprint density at radius 3 is 2.30 bits per heavy atom. The Hall–Kier alpha value is -3.72. The van der Waals surface area contributed by atoms with E-state index >= 15 is 0 Å². The molecule has 4 rings (SSSR count). The summed E-state index contributed by atoms with van der Waals surface area (Å²) in [5.74, 6) is 1.92. The second-order valence-electron chi connectivity index (χ2n) is 7.01. The Morgan fingerprint density at radius 2 is 1.63 bits per heavy atom. The summed E-state index contributed by atoms with van der Waals surface area (Å²) in [6, 6.07) is 16.6. The highest BCUT2D eigenvalue weighted by Crippen LogP contribution is 2.34. The van der Waals surface area contributed by atoms with Crippen LogP contribution in [-0.2, 0) is 0 Å². The third-order valence-electron chi connectivity index (χ3n) is 4.88. The van der Waals surface area contributed by atoms with Gasteiger partial charge in [0.1, 0.15) is 17.8 Å². The number of para-hydroxylation sites is 1. The van der Waals surface area contributed by atoms with Crippen LogP contribution >= 0.6 is 0 Å². The van der Waals surface area contributed by atoms with Gasteiger partial charge in [-0.05, 0) is 43.4 Å². The normalized spacial score (nSPS) is 14.4. The zero-order chi connectivity index (χ0) is 20.9. The van der Waals surface area contributed by atoms with E-state index in [1.807, 2.05) is 42.3 Å². The lowest BCUT2D eigenvalue weighted by atomic mass is 10.2. The van der Waals surface area contributed by atoms with Crippen LogP contribution in [0.15, 0.2) is 60.9 Å². The van der Waals surface area contributed by atoms with Crippen LogP contribution in [0.2, 0.25) is 0 Å². The standard InChI is InChI=1S/C21H22N6O3/c1-25-11-13-26(14-12-25)21-19(27(28)29)20(22-15-23-21)24-16-7-9-18(10-8-16)30-17-5-3-2-4-6-17/h2-10,15H,11-14H2,1H3,(H,22,23,24). The maximum atomic E-state index is 11.8. The molecule has 1 aliphatic heterocycles. The summed E-state index contributed by atoms with van der Waals surface area (Å²) in [7, 11) is 2.03. The molecule has 1 fully saturated rings. The molecule has 30 heavy (non-hydrogen) atoms. The maximum absolute atomic E-state index is 11.8. The van der Waals surface area contributed by atoms with Crippen molar-refractivity contribution in [3.05, 3.63) is 71.0 Å². The van der Waals surface area contributed by atoms with Crippen LogP contribution in [0.5, 0.6) is 11.5 Å². The monoisotopic (exact) mass is 406 g/mol. The van der Waals surface area contributed by atoms with E-state index in [4.69, 9.17) is 4.74 Å². The lowest BCUT2D eigenvalue weighted by Crippen LogP contribution is -2.45. The highest BCUT2D eigenvalue weighted by molar-refractivity contribution is 5.74. The lowest BCUT2D eigenvalue weighted by molar-refractivity contribution is -0.383. The molecule has 1 aromatic heterocycles. The molecule has 9 heteroatoms. The van der Waals surface area contributed by atoms with Gasteiger partial charge < -0.3 is 19.9 Å². The van der Waals surface area contributed by atoms with Crippen LogP contribution in [0.25, 0.3) is 0 Å². The van der Waals surface area contributed by atoms with Gasteiger partial charge in [-0.3, -0.25) is 10.1 Å². The van der Waals surface area contributed by atoms with E-state index in [-0.39, 0.29) is 11.5 Å². The van der Waals surface area contributed by atoms with E-state index in [0.29, 0.717) is 30.3 Å². The summed E-state index contributed by atoms with van der Waals surface area (Å²) >= 11 is 0. The fourth-order valence-electron chi connectivity index (χ4n) is 3.25. The summed E-state index contributed by atoms with van der Waals surface area (Å²) in [6.45, 7) is 3.01. The van der Waals surface area contributed by atoms with Gasteiger partial charge in [-0.2, -0.15) is 0 Å².